The second-order valence-corrected chi connectivity index (χ2v) is 10.9. The van der Waals surface area contributed by atoms with E-state index in [0.29, 0.717) is 36.9 Å². The summed E-state index contributed by atoms with van der Waals surface area (Å²) in [7, 11) is 4.43. The van der Waals surface area contributed by atoms with E-state index in [2.05, 4.69) is 11.4 Å². The first-order valence-corrected chi connectivity index (χ1v) is 14.1. The number of aryl methyl sites for hydroxylation is 1. The number of amides is 2. The van der Waals surface area contributed by atoms with Crippen LogP contribution in [0.1, 0.15) is 91.1 Å². The predicted molar refractivity (Wildman–Crippen MR) is 156 cm³/mol. The maximum absolute atomic E-state index is 13.9. The van der Waals surface area contributed by atoms with Crippen molar-refractivity contribution >= 4 is 23.5 Å². The van der Waals surface area contributed by atoms with E-state index in [1.54, 1.807) is 19.2 Å². The molecule has 0 aliphatic heterocycles. The molecule has 9 heteroatoms. The Morgan fingerprint density at radius 2 is 1.73 bits per heavy atom. The van der Waals surface area contributed by atoms with Crippen LogP contribution in [0.2, 0.25) is 0 Å². The van der Waals surface area contributed by atoms with Gasteiger partial charge in [-0.15, -0.1) is 0 Å². The third-order valence-corrected chi connectivity index (χ3v) is 8.05. The van der Waals surface area contributed by atoms with Crippen LogP contribution in [0.15, 0.2) is 30.3 Å². The Labute approximate surface area is 242 Å². The molecule has 41 heavy (non-hydrogen) atoms. The van der Waals surface area contributed by atoms with Crippen molar-refractivity contribution < 1.29 is 28.6 Å². The molecular weight excluding hydrogens is 522 g/mol. The van der Waals surface area contributed by atoms with Crippen LogP contribution in [0, 0.1) is 23.7 Å². The van der Waals surface area contributed by atoms with E-state index >= 15 is 0 Å². The lowest BCUT2D eigenvalue weighted by Gasteiger charge is -2.35. The first-order valence-electron chi connectivity index (χ1n) is 14.1. The molecule has 0 spiro atoms. The standard InChI is InChI=1S/C32H41N3O6/c1-8-22(9-2)34-29(36)24-11-10-20(3)16-26(24)35(5)30(37)25-18-27(21(19-33)17-28(25)39-6)41-23-12-14-32(4,15-13-23)31(38)40-7/h10-11,16-18,22-23H,8-9,12-15H2,1-7H3,(H,34,36). The zero-order chi connectivity index (χ0) is 30.3. The average Bonchev–Trinajstić information content (AvgIpc) is 2.99. The average molecular weight is 564 g/mol. The number of methoxy groups -OCH3 is 2. The fraction of sp³-hybridized carbons (Fsp3) is 0.500. The summed E-state index contributed by atoms with van der Waals surface area (Å²) in [6.45, 7) is 7.82. The van der Waals surface area contributed by atoms with Crippen LogP contribution in [-0.2, 0) is 9.53 Å². The molecule has 220 valence electrons. The normalized spacial score (nSPS) is 18.3. The molecule has 0 atom stereocenters. The van der Waals surface area contributed by atoms with E-state index in [1.807, 2.05) is 33.8 Å². The van der Waals surface area contributed by atoms with Crippen molar-refractivity contribution in [2.45, 2.75) is 78.4 Å². The highest BCUT2D eigenvalue weighted by molar-refractivity contribution is 6.11. The molecule has 2 amide bonds. The number of carbonyl (C=O) groups excluding carboxylic acids is 3. The number of hydrogen-bond donors (Lipinski definition) is 1. The highest BCUT2D eigenvalue weighted by Crippen LogP contribution is 2.39. The quantitative estimate of drug-likeness (QED) is 0.376. The Morgan fingerprint density at radius 3 is 2.29 bits per heavy atom. The summed E-state index contributed by atoms with van der Waals surface area (Å²) in [6, 6.07) is 10.6. The number of anilines is 1. The minimum Gasteiger partial charge on any atom is -0.496 e. The number of nitrogens with one attached hydrogen (secondary N) is 1. The van der Waals surface area contributed by atoms with Crippen molar-refractivity contribution in [1.82, 2.24) is 5.32 Å². The van der Waals surface area contributed by atoms with E-state index in [-0.39, 0.29) is 46.6 Å². The van der Waals surface area contributed by atoms with E-state index < -0.39 is 11.3 Å². The lowest BCUT2D eigenvalue weighted by atomic mass is 9.74. The Morgan fingerprint density at radius 1 is 1.07 bits per heavy atom. The Kier molecular flexibility index (Phi) is 10.4. The van der Waals surface area contributed by atoms with E-state index in [9.17, 15) is 19.6 Å². The lowest BCUT2D eigenvalue weighted by Crippen LogP contribution is -2.37. The van der Waals surface area contributed by atoms with Gasteiger partial charge in [-0.05, 0) is 76.1 Å². The molecule has 0 saturated heterocycles. The molecular formula is C32H41N3O6. The number of ether oxygens (including phenoxy) is 3. The Hall–Kier alpha value is -4.06. The molecule has 2 aromatic carbocycles. The fourth-order valence-electron chi connectivity index (χ4n) is 5.21. The summed E-state index contributed by atoms with van der Waals surface area (Å²) < 4.78 is 16.7. The number of esters is 1. The van der Waals surface area contributed by atoms with Crippen molar-refractivity contribution in [2.75, 3.05) is 26.2 Å². The molecule has 9 nitrogen and oxygen atoms in total. The third-order valence-electron chi connectivity index (χ3n) is 8.05. The smallest absolute Gasteiger partial charge is 0.311 e. The summed E-state index contributed by atoms with van der Waals surface area (Å²) in [5, 5.41) is 12.9. The number of nitriles is 1. The van der Waals surface area contributed by atoms with Crippen LogP contribution in [0.4, 0.5) is 5.69 Å². The van der Waals surface area contributed by atoms with Gasteiger partial charge in [-0.2, -0.15) is 5.26 Å². The highest BCUT2D eigenvalue weighted by atomic mass is 16.5. The van der Waals surface area contributed by atoms with Gasteiger partial charge in [0.1, 0.15) is 17.6 Å². The monoisotopic (exact) mass is 563 g/mol. The number of benzene rings is 2. The number of carbonyl (C=O) groups is 3. The lowest BCUT2D eigenvalue weighted by molar-refractivity contribution is -0.154. The maximum atomic E-state index is 13.9. The number of hydrogen-bond acceptors (Lipinski definition) is 7. The SMILES string of the molecule is CCC(CC)NC(=O)c1ccc(C)cc1N(C)C(=O)c1cc(OC2CCC(C)(C(=O)OC)CC2)c(C#N)cc1OC. The van der Waals surface area contributed by atoms with Gasteiger partial charge in [0.15, 0.2) is 0 Å². The van der Waals surface area contributed by atoms with E-state index in [1.165, 1.54) is 31.3 Å². The van der Waals surface area contributed by atoms with Gasteiger partial charge < -0.3 is 24.4 Å². The van der Waals surface area contributed by atoms with Crippen LogP contribution >= 0.6 is 0 Å². The minimum atomic E-state index is -0.567. The van der Waals surface area contributed by atoms with Gasteiger partial charge in [-0.1, -0.05) is 19.9 Å². The largest absolute Gasteiger partial charge is 0.496 e. The van der Waals surface area contributed by atoms with Gasteiger partial charge in [-0.3, -0.25) is 14.4 Å². The van der Waals surface area contributed by atoms with Gasteiger partial charge in [0, 0.05) is 19.2 Å². The van der Waals surface area contributed by atoms with Crippen molar-refractivity contribution in [3.63, 3.8) is 0 Å². The zero-order valence-electron chi connectivity index (χ0n) is 25.1. The van der Waals surface area contributed by atoms with Crippen LogP contribution in [0.5, 0.6) is 11.5 Å². The fourth-order valence-corrected chi connectivity index (χ4v) is 5.21. The van der Waals surface area contributed by atoms with Crippen molar-refractivity contribution in [2.24, 2.45) is 5.41 Å². The molecule has 1 aliphatic carbocycles. The molecule has 0 bridgehead atoms. The second-order valence-electron chi connectivity index (χ2n) is 10.9. The van der Waals surface area contributed by atoms with E-state index in [4.69, 9.17) is 14.2 Å². The summed E-state index contributed by atoms with van der Waals surface area (Å²) in [6.07, 6.45) is 3.75. The van der Waals surface area contributed by atoms with Gasteiger partial charge in [0.2, 0.25) is 0 Å². The molecule has 0 radical (unpaired) electrons. The van der Waals surface area contributed by atoms with Crippen LogP contribution in [0.25, 0.3) is 0 Å². The predicted octanol–water partition coefficient (Wildman–Crippen LogP) is 5.57. The van der Waals surface area contributed by atoms with Crippen molar-refractivity contribution in [3.05, 3.63) is 52.6 Å². The molecule has 3 rings (SSSR count). The van der Waals surface area contributed by atoms with Gasteiger partial charge in [0.05, 0.1) is 48.1 Å². The molecule has 1 N–H and O–H groups in total. The highest BCUT2D eigenvalue weighted by Gasteiger charge is 2.39. The molecule has 0 aromatic heterocycles. The molecule has 2 aromatic rings. The molecule has 1 fully saturated rings. The minimum absolute atomic E-state index is 0.0289. The molecule has 1 saturated carbocycles. The summed E-state index contributed by atoms with van der Waals surface area (Å²) in [4.78, 5) is 40.7. The van der Waals surface area contributed by atoms with Gasteiger partial charge in [0.25, 0.3) is 11.8 Å². The summed E-state index contributed by atoms with van der Waals surface area (Å²) >= 11 is 0. The Balaban J connectivity index is 1.93. The topological polar surface area (TPSA) is 118 Å². The first-order chi connectivity index (χ1) is 19.5. The van der Waals surface area contributed by atoms with Gasteiger partial charge >= 0.3 is 5.97 Å². The van der Waals surface area contributed by atoms with Crippen LogP contribution in [0.3, 0.4) is 0 Å². The number of rotatable bonds is 10. The second kappa shape index (κ2) is 13.5. The summed E-state index contributed by atoms with van der Waals surface area (Å²) in [5.41, 5.74) is 1.61. The summed E-state index contributed by atoms with van der Waals surface area (Å²) in [5.74, 6) is -0.408. The first kappa shape index (κ1) is 31.5. The molecule has 0 unspecified atom stereocenters. The zero-order valence-corrected chi connectivity index (χ0v) is 25.1. The van der Waals surface area contributed by atoms with Crippen LogP contribution in [-0.4, -0.2) is 51.2 Å². The van der Waals surface area contributed by atoms with Crippen molar-refractivity contribution in [1.29, 1.82) is 5.26 Å². The van der Waals surface area contributed by atoms with Crippen molar-refractivity contribution in [3.8, 4) is 17.6 Å². The molecule has 1 aliphatic rings. The Bertz CT molecular complexity index is 1320. The van der Waals surface area contributed by atoms with Crippen LogP contribution < -0.4 is 19.7 Å². The number of nitrogens with zero attached hydrogens (tertiary/aromatic N) is 2. The molecule has 0 heterocycles. The van der Waals surface area contributed by atoms with Gasteiger partial charge in [-0.25, -0.2) is 0 Å². The third kappa shape index (κ3) is 6.99. The van der Waals surface area contributed by atoms with E-state index in [0.717, 1.165) is 18.4 Å². The maximum Gasteiger partial charge on any atom is 0.311 e.